The van der Waals surface area contributed by atoms with E-state index >= 15 is 0 Å². The van der Waals surface area contributed by atoms with Crippen LogP contribution >= 0.6 is 0 Å². The van der Waals surface area contributed by atoms with Gasteiger partial charge in [0.2, 0.25) is 0 Å². The minimum atomic E-state index is -0.805. The SMILES string of the molecule is CCc1ccc(N2C(=O)N[C@@H]3C[C@]2(C)Oc2ccc(C(=O)OC)cc23)cc1. The van der Waals surface area contributed by atoms with Crippen LogP contribution in [0, 0.1) is 0 Å². The zero-order valence-corrected chi connectivity index (χ0v) is 15.6. The van der Waals surface area contributed by atoms with E-state index in [-0.39, 0.29) is 12.1 Å². The number of fused-ring (bicyclic) bond motifs is 4. The molecule has 6 heteroatoms. The van der Waals surface area contributed by atoms with Gasteiger partial charge in [0.1, 0.15) is 5.75 Å². The third-order valence-corrected chi connectivity index (χ3v) is 5.30. The van der Waals surface area contributed by atoms with Gasteiger partial charge in [-0.2, -0.15) is 0 Å². The first-order valence-electron chi connectivity index (χ1n) is 9.06. The van der Waals surface area contributed by atoms with E-state index in [1.807, 2.05) is 31.2 Å². The molecule has 0 radical (unpaired) electrons. The molecule has 2 aliphatic rings. The van der Waals surface area contributed by atoms with Gasteiger partial charge in [-0.25, -0.2) is 9.59 Å². The van der Waals surface area contributed by atoms with Gasteiger partial charge in [0, 0.05) is 17.7 Å². The van der Waals surface area contributed by atoms with Crippen LogP contribution in [0.4, 0.5) is 10.5 Å². The van der Waals surface area contributed by atoms with Crippen LogP contribution in [0.25, 0.3) is 0 Å². The molecular weight excluding hydrogens is 344 g/mol. The number of nitrogens with zero attached hydrogens (tertiary/aromatic N) is 1. The van der Waals surface area contributed by atoms with Gasteiger partial charge in [-0.3, -0.25) is 4.90 Å². The Hall–Kier alpha value is -3.02. The van der Waals surface area contributed by atoms with E-state index in [4.69, 9.17) is 9.47 Å². The predicted molar refractivity (Wildman–Crippen MR) is 101 cm³/mol. The third kappa shape index (κ3) is 2.81. The van der Waals surface area contributed by atoms with E-state index in [9.17, 15) is 9.59 Å². The van der Waals surface area contributed by atoms with Gasteiger partial charge >= 0.3 is 12.0 Å². The number of aryl methyl sites for hydroxylation is 1. The van der Waals surface area contributed by atoms with Crippen molar-refractivity contribution in [1.29, 1.82) is 0 Å². The molecule has 2 amide bonds. The maximum atomic E-state index is 12.9. The van der Waals surface area contributed by atoms with Crippen molar-refractivity contribution in [1.82, 2.24) is 5.32 Å². The molecule has 2 bridgehead atoms. The van der Waals surface area contributed by atoms with Crippen LogP contribution in [-0.2, 0) is 11.2 Å². The summed E-state index contributed by atoms with van der Waals surface area (Å²) in [6.45, 7) is 4.02. The molecule has 2 aromatic rings. The van der Waals surface area contributed by atoms with Gasteiger partial charge in [0.05, 0.1) is 18.7 Å². The molecule has 0 aromatic heterocycles. The summed E-state index contributed by atoms with van der Waals surface area (Å²) in [6, 6.07) is 12.7. The predicted octanol–water partition coefficient (Wildman–Crippen LogP) is 3.81. The Balaban J connectivity index is 1.72. The van der Waals surface area contributed by atoms with Gasteiger partial charge in [-0.15, -0.1) is 0 Å². The van der Waals surface area contributed by atoms with Crippen LogP contribution in [0.3, 0.4) is 0 Å². The number of hydrogen-bond donors (Lipinski definition) is 1. The highest BCUT2D eigenvalue weighted by molar-refractivity contribution is 5.95. The van der Waals surface area contributed by atoms with Crippen LogP contribution in [0.15, 0.2) is 42.5 Å². The molecule has 27 heavy (non-hydrogen) atoms. The van der Waals surface area contributed by atoms with Crippen molar-refractivity contribution in [3.63, 3.8) is 0 Å². The zero-order chi connectivity index (χ0) is 19.2. The first kappa shape index (κ1) is 17.4. The zero-order valence-electron chi connectivity index (χ0n) is 15.6. The van der Waals surface area contributed by atoms with Crippen LogP contribution in [-0.4, -0.2) is 24.8 Å². The monoisotopic (exact) mass is 366 g/mol. The topological polar surface area (TPSA) is 67.9 Å². The van der Waals surface area contributed by atoms with Crippen molar-refractivity contribution >= 4 is 17.7 Å². The number of methoxy groups -OCH3 is 1. The molecule has 0 spiro atoms. The molecule has 6 nitrogen and oxygen atoms in total. The van der Waals surface area contributed by atoms with Crippen molar-refractivity contribution in [3.05, 3.63) is 59.2 Å². The van der Waals surface area contributed by atoms with Gasteiger partial charge < -0.3 is 14.8 Å². The largest absolute Gasteiger partial charge is 0.467 e. The number of nitrogens with one attached hydrogen (secondary N) is 1. The highest BCUT2D eigenvalue weighted by Crippen LogP contribution is 2.45. The minimum Gasteiger partial charge on any atom is -0.467 e. The first-order chi connectivity index (χ1) is 12.9. The lowest BCUT2D eigenvalue weighted by molar-refractivity contribution is 0.0377. The molecular formula is C21H22N2O4. The second kappa shape index (κ2) is 6.30. The summed E-state index contributed by atoms with van der Waals surface area (Å²) in [5, 5.41) is 3.05. The maximum Gasteiger partial charge on any atom is 0.337 e. The van der Waals surface area contributed by atoms with E-state index in [1.165, 1.54) is 12.7 Å². The number of carbonyl (C=O) groups is 2. The number of rotatable bonds is 3. The molecule has 140 valence electrons. The van der Waals surface area contributed by atoms with Gasteiger partial charge in [-0.05, 0) is 49.2 Å². The smallest absolute Gasteiger partial charge is 0.337 e. The lowest BCUT2D eigenvalue weighted by Gasteiger charge is -2.50. The number of anilines is 1. The number of hydrogen-bond acceptors (Lipinski definition) is 4. The van der Waals surface area contributed by atoms with Gasteiger partial charge in [0.15, 0.2) is 5.72 Å². The highest BCUT2D eigenvalue weighted by Gasteiger charge is 2.49. The summed E-state index contributed by atoms with van der Waals surface area (Å²) in [4.78, 5) is 26.4. The third-order valence-electron chi connectivity index (χ3n) is 5.30. The molecule has 1 saturated heterocycles. The van der Waals surface area contributed by atoms with Crippen molar-refractivity contribution < 1.29 is 19.1 Å². The summed E-state index contributed by atoms with van der Waals surface area (Å²) in [5.41, 5.74) is 2.44. The summed E-state index contributed by atoms with van der Waals surface area (Å²) in [7, 11) is 1.35. The fourth-order valence-corrected chi connectivity index (χ4v) is 3.89. The van der Waals surface area contributed by atoms with Crippen LogP contribution in [0.2, 0.25) is 0 Å². The van der Waals surface area contributed by atoms with Crippen LogP contribution in [0.1, 0.15) is 47.8 Å². The second-order valence-electron chi connectivity index (χ2n) is 7.08. The molecule has 2 heterocycles. The van der Waals surface area contributed by atoms with Gasteiger partial charge in [-0.1, -0.05) is 19.1 Å². The standard InChI is InChI=1S/C21H22N2O4/c1-4-13-5-8-15(9-6-13)23-20(25)22-17-12-21(23,2)27-18-10-7-14(11-16(17)18)19(24)26-3/h5-11,17H,4,12H2,1-3H3,(H,22,25)/t17-,21+/m1/s1. The average molecular weight is 366 g/mol. The Bertz CT molecular complexity index is 909. The van der Waals surface area contributed by atoms with E-state index in [1.54, 1.807) is 23.1 Å². The normalized spacial score (nSPS) is 23.1. The Kier molecular flexibility index (Phi) is 4.06. The van der Waals surface area contributed by atoms with Crippen LogP contribution < -0.4 is 15.0 Å². The van der Waals surface area contributed by atoms with Crippen LogP contribution in [0.5, 0.6) is 5.75 Å². The van der Waals surface area contributed by atoms with Crippen molar-refractivity contribution in [3.8, 4) is 5.75 Å². The van der Waals surface area contributed by atoms with E-state index in [0.717, 1.165) is 17.7 Å². The summed E-state index contributed by atoms with van der Waals surface area (Å²) < 4.78 is 11.1. The number of esters is 1. The quantitative estimate of drug-likeness (QED) is 0.839. The number of amides is 2. The first-order valence-corrected chi connectivity index (χ1v) is 9.06. The molecule has 1 N–H and O–H groups in total. The number of urea groups is 1. The minimum absolute atomic E-state index is 0.216. The molecule has 0 aliphatic carbocycles. The molecule has 0 unspecified atom stereocenters. The van der Waals surface area contributed by atoms with Crippen molar-refractivity contribution in [2.24, 2.45) is 0 Å². The highest BCUT2D eigenvalue weighted by atomic mass is 16.5. The van der Waals surface area contributed by atoms with Crippen molar-refractivity contribution in [2.75, 3.05) is 12.0 Å². The Morgan fingerprint density at radius 1 is 1.30 bits per heavy atom. The Morgan fingerprint density at radius 3 is 2.70 bits per heavy atom. The van der Waals surface area contributed by atoms with Gasteiger partial charge in [0.25, 0.3) is 0 Å². The summed E-state index contributed by atoms with van der Waals surface area (Å²) in [5.74, 6) is 0.252. The summed E-state index contributed by atoms with van der Waals surface area (Å²) >= 11 is 0. The average Bonchev–Trinajstić information content (AvgIpc) is 2.67. The lowest BCUT2D eigenvalue weighted by atomic mass is 9.89. The fraction of sp³-hybridized carbons (Fsp3) is 0.333. The lowest BCUT2D eigenvalue weighted by Crippen LogP contribution is -2.65. The molecule has 2 aliphatic heterocycles. The summed E-state index contributed by atoms with van der Waals surface area (Å²) in [6.07, 6.45) is 1.52. The fourth-order valence-electron chi connectivity index (χ4n) is 3.89. The van der Waals surface area contributed by atoms with Crippen molar-refractivity contribution in [2.45, 2.75) is 38.5 Å². The van der Waals surface area contributed by atoms with E-state index < -0.39 is 11.7 Å². The number of benzene rings is 2. The van der Waals surface area contributed by atoms with E-state index in [0.29, 0.717) is 17.7 Å². The molecule has 1 fully saturated rings. The molecule has 2 atom stereocenters. The second-order valence-corrected chi connectivity index (χ2v) is 7.08. The molecule has 2 aromatic carbocycles. The molecule has 0 saturated carbocycles. The maximum absolute atomic E-state index is 12.9. The van der Waals surface area contributed by atoms with E-state index in [2.05, 4.69) is 12.2 Å². The Morgan fingerprint density at radius 2 is 2.04 bits per heavy atom. The number of ether oxygens (including phenoxy) is 2. The number of carbonyl (C=O) groups excluding carboxylic acids is 2. The molecule has 4 rings (SSSR count). The Labute approximate surface area is 158 Å².